The number of carbonyl (C=O) groups is 2. The Balaban J connectivity index is 2.30. The standard InChI is InChI=1S/C8H13N3O4/c9-2-1-3-10-7(12)6-4-5(8(13)14)11-15-6/h6H,1-4,9H2,(H,10,12)(H,13,14). The summed E-state index contributed by atoms with van der Waals surface area (Å²) in [5, 5.41) is 14.4. The van der Waals surface area contributed by atoms with Gasteiger partial charge in [0.05, 0.1) is 0 Å². The summed E-state index contributed by atoms with van der Waals surface area (Å²) in [5.74, 6) is -1.52. The minimum atomic E-state index is -1.16. The Morgan fingerprint density at radius 3 is 2.93 bits per heavy atom. The van der Waals surface area contributed by atoms with Crippen molar-refractivity contribution < 1.29 is 19.5 Å². The molecule has 0 aromatic rings. The zero-order valence-electron chi connectivity index (χ0n) is 8.10. The number of nitrogens with one attached hydrogen (secondary N) is 1. The third-order valence-corrected chi connectivity index (χ3v) is 1.89. The molecule has 4 N–H and O–H groups in total. The highest BCUT2D eigenvalue weighted by Gasteiger charge is 2.31. The molecule has 0 aromatic heterocycles. The van der Waals surface area contributed by atoms with Crippen LogP contribution in [0.4, 0.5) is 0 Å². The molecule has 15 heavy (non-hydrogen) atoms. The van der Waals surface area contributed by atoms with Gasteiger partial charge < -0.3 is 21.0 Å². The average molecular weight is 215 g/mol. The van der Waals surface area contributed by atoms with E-state index >= 15 is 0 Å². The molecule has 1 heterocycles. The highest BCUT2D eigenvalue weighted by atomic mass is 16.6. The number of hydrogen-bond donors (Lipinski definition) is 3. The van der Waals surface area contributed by atoms with Crippen LogP contribution in [0, 0.1) is 0 Å². The molecule has 0 aliphatic carbocycles. The van der Waals surface area contributed by atoms with Crippen LogP contribution in [0.25, 0.3) is 0 Å². The Hall–Kier alpha value is -1.63. The predicted octanol–water partition coefficient (Wildman–Crippen LogP) is -1.32. The summed E-state index contributed by atoms with van der Waals surface area (Å²) in [6.07, 6.45) is -0.150. The van der Waals surface area contributed by atoms with E-state index in [-0.39, 0.29) is 18.0 Å². The van der Waals surface area contributed by atoms with Gasteiger partial charge in [0.2, 0.25) is 6.10 Å². The van der Waals surface area contributed by atoms with Crippen molar-refractivity contribution in [2.45, 2.75) is 18.9 Å². The van der Waals surface area contributed by atoms with Gasteiger partial charge in [-0.1, -0.05) is 5.16 Å². The first kappa shape index (κ1) is 11.4. The summed E-state index contributed by atoms with van der Waals surface area (Å²) in [4.78, 5) is 26.5. The van der Waals surface area contributed by atoms with Crippen molar-refractivity contribution in [3.05, 3.63) is 0 Å². The van der Waals surface area contributed by atoms with Gasteiger partial charge in [-0.3, -0.25) is 4.79 Å². The maximum absolute atomic E-state index is 11.3. The molecule has 7 heteroatoms. The number of carboxylic acid groups (broad SMARTS) is 1. The quantitative estimate of drug-likeness (QED) is 0.492. The fraction of sp³-hybridized carbons (Fsp3) is 0.625. The van der Waals surface area contributed by atoms with Crippen LogP contribution in [-0.4, -0.2) is 41.9 Å². The Kier molecular flexibility index (Phi) is 4.04. The van der Waals surface area contributed by atoms with Crippen molar-refractivity contribution >= 4 is 17.6 Å². The van der Waals surface area contributed by atoms with Crippen LogP contribution in [0.15, 0.2) is 5.16 Å². The third-order valence-electron chi connectivity index (χ3n) is 1.89. The van der Waals surface area contributed by atoms with Crippen LogP contribution in [-0.2, 0) is 14.4 Å². The molecule has 84 valence electrons. The molecule has 0 aromatic carbocycles. The first-order valence-electron chi connectivity index (χ1n) is 4.59. The first-order valence-corrected chi connectivity index (χ1v) is 4.59. The molecule has 0 bridgehead atoms. The smallest absolute Gasteiger partial charge is 0.353 e. The molecular weight excluding hydrogens is 202 g/mol. The monoisotopic (exact) mass is 215 g/mol. The van der Waals surface area contributed by atoms with Gasteiger partial charge in [-0.2, -0.15) is 0 Å². The Bertz CT molecular complexity index is 290. The SMILES string of the molecule is NCCCNC(=O)C1CC(C(=O)O)=NO1. The average Bonchev–Trinajstić information content (AvgIpc) is 2.66. The highest BCUT2D eigenvalue weighted by molar-refractivity contribution is 6.36. The van der Waals surface area contributed by atoms with E-state index in [4.69, 9.17) is 10.8 Å². The van der Waals surface area contributed by atoms with Crippen molar-refractivity contribution in [2.75, 3.05) is 13.1 Å². The van der Waals surface area contributed by atoms with Gasteiger partial charge >= 0.3 is 5.97 Å². The van der Waals surface area contributed by atoms with Gasteiger partial charge in [-0.05, 0) is 13.0 Å². The van der Waals surface area contributed by atoms with Gasteiger partial charge in [0.1, 0.15) is 0 Å². The van der Waals surface area contributed by atoms with Crippen LogP contribution in [0.3, 0.4) is 0 Å². The first-order chi connectivity index (χ1) is 7.15. The van der Waals surface area contributed by atoms with E-state index in [0.717, 1.165) is 0 Å². The summed E-state index contributed by atoms with van der Waals surface area (Å²) in [7, 11) is 0. The lowest BCUT2D eigenvalue weighted by Crippen LogP contribution is -2.36. The molecule has 1 aliphatic rings. The zero-order valence-corrected chi connectivity index (χ0v) is 8.10. The van der Waals surface area contributed by atoms with E-state index < -0.39 is 12.1 Å². The number of carboxylic acids is 1. The van der Waals surface area contributed by atoms with Gasteiger partial charge in [-0.15, -0.1) is 0 Å². The van der Waals surface area contributed by atoms with E-state index in [1.807, 2.05) is 0 Å². The largest absolute Gasteiger partial charge is 0.477 e. The summed E-state index contributed by atoms with van der Waals surface area (Å²) in [6, 6.07) is 0. The molecule has 1 atom stereocenters. The minimum absolute atomic E-state index is 0.00376. The van der Waals surface area contributed by atoms with Crippen LogP contribution >= 0.6 is 0 Å². The topological polar surface area (TPSA) is 114 Å². The number of carbonyl (C=O) groups excluding carboxylic acids is 1. The van der Waals surface area contributed by atoms with Gasteiger partial charge in [-0.25, -0.2) is 4.79 Å². The Morgan fingerprint density at radius 1 is 1.67 bits per heavy atom. The molecule has 0 spiro atoms. The minimum Gasteiger partial charge on any atom is -0.477 e. The van der Waals surface area contributed by atoms with E-state index in [9.17, 15) is 9.59 Å². The molecule has 1 unspecified atom stereocenters. The predicted molar refractivity (Wildman–Crippen MR) is 51.2 cm³/mol. The lowest BCUT2D eigenvalue weighted by Gasteiger charge is -2.08. The van der Waals surface area contributed by atoms with Crippen LogP contribution in [0.1, 0.15) is 12.8 Å². The van der Waals surface area contributed by atoms with Crippen LogP contribution in [0.2, 0.25) is 0 Å². The third kappa shape index (κ3) is 3.21. The molecule has 7 nitrogen and oxygen atoms in total. The molecule has 1 aliphatic heterocycles. The number of oxime groups is 1. The van der Waals surface area contributed by atoms with E-state index in [0.29, 0.717) is 19.5 Å². The molecule has 1 amide bonds. The zero-order chi connectivity index (χ0) is 11.3. The second-order valence-electron chi connectivity index (χ2n) is 3.07. The fourth-order valence-corrected chi connectivity index (χ4v) is 1.07. The number of rotatable bonds is 5. The second-order valence-corrected chi connectivity index (χ2v) is 3.07. The molecule has 0 radical (unpaired) electrons. The highest BCUT2D eigenvalue weighted by Crippen LogP contribution is 2.10. The van der Waals surface area contributed by atoms with Crippen molar-refractivity contribution in [3.63, 3.8) is 0 Å². The summed E-state index contributed by atoms with van der Waals surface area (Å²) >= 11 is 0. The van der Waals surface area contributed by atoms with Crippen LogP contribution in [0.5, 0.6) is 0 Å². The lowest BCUT2D eigenvalue weighted by atomic mass is 10.1. The summed E-state index contributed by atoms with van der Waals surface area (Å²) in [6.45, 7) is 0.945. The Morgan fingerprint density at radius 2 is 2.40 bits per heavy atom. The van der Waals surface area contributed by atoms with Crippen molar-refractivity contribution in [2.24, 2.45) is 10.9 Å². The number of nitrogens with two attached hydrogens (primary N) is 1. The maximum atomic E-state index is 11.3. The van der Waals surface area contributed by atoms with Crippen molar-refractivity contribution in [1.82, 2.24) is 5.32 Å². The normalized spacial score (nSPS) is 19.3. The van der Waals surface area contributed by atoms with E-state index in [1.165, 1.54) is 0 Å². The molecule has 0 fully saturated rings. The van der Waals surface area contributed by atoms with Crippen molar-refractivity contribution in [3.8, 4) is 0 Å². The Labute approximate surface area is 86.3 Å². The molecule has 1 rings (SSSR count). The number of amides is 1. The van der Waals surface area contributed by atoms with Gasteiger partial charge in [0, 0.05) is 13.0 Å². The van der Waals surface area contributed by atoms with E-state index in [1.54, 1.807) is 0 Å². The van der Waals surface area contributed by atoms with Crippen LogP contribution < -0.4 is 11.1 Å². The number of hydrogen-bond acceptors (Lipinski definition) is 5. The number of nitrogens with zero attached hydrogens (tertiary/aromatic N) is 1. The number of aliphatic carboxylic acids is 1. The molecule has 0 saturated heterocycles. The van der Waals surface area contributed by atoms with E-state index in [2.05, 4.69) is 15.3 Å². The molecular formula is C8H13N3O4. The fourth-order valence-electron chi connectivity index (χ4n) is 1.07. The second kappa shape index (κ2) is 5.30. The lowest BCUT2D eigenvalue weighted by molar-refractivity contribution is -0.131. The maximum Gasteiger partial charge on any atom is 0.353 e. The molecule has 0 saturated carbocycles. The summed E-state index contributed by atoms with van der Waals surface area (Å²) < 4.78 is 0. The van der Waals surface area contributed by atoms with Gasteiger partial charge in [0.25, 0.3) is 5.91 Å². The van der Waals surface area contributed by atoms with Gasteiger partial charge in [0.15, 0.2) is 5.71 Å². The summed E-state index contributed by atoms with van der Waals surface area (Å²) in [5.41, 5.74) is 5.12. The van der Waals surface area contributed by atoms with Crippen molar-refractivity contribution in [1.29, 1.82) is 0 Å².